The Morgan fingerprint density at radius 3 is 2.63 bits per heavy atom. The molecule has 0 spiro atoms. The van der Waals surface area contributed by atoms with E-state index in [4.69, 9.17) is 4.52 Å². The number of carboxylic acid groups (broad SMARTS) is 1. The average Bonchev–Trinajstić information content (AvgIpc) is 2.88. The SMILES string of the molecule is Cc1cc(CS(=O)(=O)NC2(C(=O)O)CCCC2)no1. The van der Waals surface area contributed by atoms with Gasteiger partial charge in [-0.3, -0.25) is 4.79 Å². The van der Waals surface area contributed by atoms with Gasteiger partial charge in [0.25, 0.3) is 0 Å². The van der Waals surface area contributed by atoms with Crippen LogP contribution in [0.25, 0.3) is 0 Å². The monoisotopic (exact) mass is 288 g/mol. The number of hydrogen-bond donors (Lipinski definition) is 2. The fraction of sp³-hybridized carbons (Fsp3) is 0.636. The smallest absolute Gasteiger partial charge is 0.324 e. The average molecular weight is 288 g/mol. The zero-order valence-corrected chi connectivity index (χ0v) is 11.4. The lowest BCUT2D eigenvalue weighted by Crippen LogP contribution is -2.52. The maximum atomic E-state index is 12.0. The molecule has 0 radical (unpaired) electrons. The van der Waals surface area contributed by atoms with Crippen LogP contribution in [0.4, 0.5) is 0 Å². The minimum absolute atomic E-state index is 0.267. The Kier molecular flexibility index (Phi) is 3.64. The molecule has 8 heteroatoms. The molecule has 19 heavy (non-hydrogen) atoms. The molecule has 2 rings (SSSR count). The summed E-state index contributed by atoms with van der Waals surface area (Å²) in [6.45, 7) is 1.66. The van der Waals surface area contributed by atoms with Gasteiger partial charge in [-0.1, -0.05) is 18.0 Å². The summed E-state index contributed by atoms with van der Waals surface area (Å²) in [6.07, 6.45) is 2.05. The molecule has 1 aliphatic carbocycles. The summed E-state index contributed by atoms with van der Waals surface area (Å²) in [4.78, 5) is 11.3. The Morgan fingerprint density at radius 2 is 2.16 bits per heavy atom. The van der Waals surface area contributed by atoms with Crippen molar-refractivity contribution in [1.29, 1.82) is 0 Å². The van der Waals surface area contributed by atoms with Crippen LogP contribution in [-0.4, -0.2) is 30.2 Å². The summed E-state index contributed by atoms with van der Waals surface area (Å²) in [7, 11) is -3.76. The van der Waals surface area contributed by atoms with Crippen molar-refractivity contribution in [3.05, 3.63) is 17.5 Å². The predicted octanol–water partition coefficient (Wildman–Crippen LogP) is 0.800. The number of aromatic nitrogens is 1. The first kappa shape index (κ1) is 14.0. The van der Waals surface area contributed by atoms with Crippen LogP contribution in [0.3, 0.4) is 0 Å². The molecule has 0 unspecified atom stereocenters. The Bertz CT molecular complexity index is 572. The highest BCUT2D eigenvalue weighted by Crippen LogP contribution is 2.31. The molecule has 106 valence electrons. The predicted molar refractivity (Wildman–Crippen MR) is 65.8 cm³/mol. The second-order valence-corrected chi connectivity index (χ2v) is 6.61. The van der Waals surface area contributed by atoms with Crippen molar-refractivity contribution in [2.45, 2.75) is 43.9 Å². The van der Waals surface area contributed by atoms with Crippen LogP contribution in [0.2, 0.25) is 0 Å². The quantitative estimate of drug-likeness (QED) is 0.829. The molecule has 0 saturated heterocycles. The van der Waals surface area contributed by atoms with E-state index < -0.39 is 21.5 Å². The molecule has 1 heterocycles. The summed E-state index contributed by atoms with van der Waals surface area (Å²) < 4.78 is 31.1. The van der Waals surface area contributed by atoms with Crippen molar-refractivity contribution >= 4 is 16.0 Å². The van der Waals surface area contributed by atoms with E-state index in [0.29, 0.717) is 31.4 Å². The van der Waals surface area contributed by atoms with E-state index in [9.17, 15) is 18.3 Å². The van der Waals surface area contributed by atoms with Crippen molar-refractivity contribution in [3.8, 4) is 0 Å². The van der Waals surface area contributed by atoms with Crippen molar-refractivity contribution in [2.24, 2.45) is 0 Å². The first-order valence-corrected chi connectivity index (χ1v) is 7.65. The third-order valence-corrected chi connectivity index (χ3v) is 4.61. The molecule has 1 aliphatic rings. The second kappa shape index (κ2) is 4.93. The molecule has 0 bridgehead atoms. The van der Waals surface area contributed by atoms with Crippen LogP contribution in [0.1, 0.15) is 37.1 Å². The van der Waals surface area contributed by atoms with Gasteiger partial charge in [0.2, 0.25) is 10.0 Å². The number of nitrogens with one attached hydrogen (secondary N) is 1. The van der Waals surface area contributed by atoms with Gasteiger partial charge in [-0.2, -0.15) is 4.72 Å². The zero-order valence-electron chi connectivity index (χ0n) is 10.5. The van der Waals surface area contributed by atoms with E-state index in [0.717, 1.165) is 0 Å². The Labute approximate surface area is 111 Å². The first-order chi connectivity index (χ1) is 8.83. The summed E-state index contributed by atoms with van der Waals surface area (Å²) in [5.74, 6) is -0.983. The Balaban J connectivity index is 2.14. The van der Waals surface area contributed by atoms with Crippen LogP contribution in [0.15, 0.2) is 10.6 Å². The third kappa shape index (κ3) is 3.13. The highest BCUT2D eigenvalue weighted by Gasteiger charge is 2.44. The minimum Gasteiger partial charge on any atom is -0.480 e. The topological polar surface area (TPSA) is 110 Å². The largest absolute Gasteiger partial charge is 0.480 e. The van der Waals surface area contributed by atoms with Gasteiger partial charge in [0.05, 0.1) is 0 Å². The number of hydrogen-bond acceptors (Lipinski definition) is 5. The van der Waals surface area contributed by atoms with Crippen molar-refractivity contribution in [2.75, 3.05) is 0 Å². The van der Waals surface area contributed by atoms with Crippen molar-refractivity contribution < 1.29 is 22.8 Å². The Hall–Kier alpha value is -1.41. The standard InChI is InChI=1S/C11H16N2O5S/c1-8-6-9(12-18-8)7-19(16,17)13-11(10(14)15)4-2-3-5-11/h6,13H,2-5,7H2,1H3,(H,14,15). The van der Waals surface area contributed by atoms with Gasteiger partial charge in [0, 0.05) is 6.07 Å². The lowest BCUT2D eigenvalue weighted by Gasteiger charge is -2.24. The number of carbonyl (C=O) groups is 1. The van der Waals surface area contributed by atoms with Gasteiger partial charge >= 0.3 is 5.97 Å². The zero-order chi connectivity index (χ0) is 14.1. The van der Waals surface area contributed by atoms with E-state index in [-0.39, 0.29) is 11.4 Å². The van der Waals surface area contributed by atoms with Gasteiger partial charge in [0.15, 0.2) is 0 Å². The van der Waals surface area contributed by atoms with Gasteiger partial charge in [-0.25, -0.2) is 8.42 Å². The van der Waals surface area contributed by atoms with Crippen LogP contribution in [0.5, 0.6) is 0 Å². The minimum atomic E-state index is -3.76. The normalized spacial score (nSPS) is 18.6. The molecule has 1 fully saturated rings. The summed E-state index contributed by atoms with van der Waals surface area (Å²) in [5, 5.41) is 12.8. The molecule has 1 aromatic rings. The van der Waals surface area contributed by atoms with Crippen LogP contribution >= 0.6 is 0 Å². The molecule has 2 N–H and O–H groups in total. The molecule has 7 nitrogen and oxygen atoms in total. The van der Waals surface area contributed by atoms with Gasteiger partial charge < -0.3 is 9.63 Å². The van der Waals surface area contributed by atoms with E-state index in [1.807, 2.05) is 0 Å². The number of aliphatic carboxylic acids is 1. The van der Waals surface area contributed by atoms with E-state index in [2.05, 4.69) is 9.88 Å². The molecular formula is C11H16N2O5S. The lowest BCUT2D eigenvalue weighted by molar-refractivity contribution is -0.143. The maximum Gasteiger partial charge on any atom is 0.324 e. The van der Waals surface area contributed by atoms with E-state index in [1.165, 1.54) is 6.07 Å². The van der Waals surface area contributed by atoms with E-state index >= 15 is 0 Å². The molecular weight excluding hydrogens is 272 g/mol. The first-order valence-electron chi connectivity index (χ1n) is 6.00. The fourth-order valence-electron chi connectivity index (χ4n) is 2.35. The van der Waals surface area contributed by atoms with Crippen molar-refractivity contribution in [1.82, 2.24) is 9.88 Å². The van der Waals surface area contributed by atoms with Gasteiger partial charge in [0.1, 0.15) is 22.7 Å². The molecule has 0 atom stereocenters. The van der Waals surface area contributed by atoms with Crippen LogP contribution < -0.4 is 4.72 Å². The van der Waals surface area contributed by atoms with Gasteiger partial charge in [-0.05, 0) is 19.8 Å². The lowest BCUT2D eigenvalue weighted by atomic mass is 10.0. The highest BCUT2D eigenvalue weighted by molar-refractivity contribution is 7.88. The number of nitrogens with zero attached hydrogens (tertiary/aromatic N) is 1. The van der Waals surface area contributed by atoms with Crippen molar-refractivity contribution in [3.63, 3.8) is 0 Å². The Morgan fingerprint density at radius 1 is 1.53 bits per heavy atom. The number of rotatable bonds is 5. The second-order valence-electron chi connectivity index (χ2n) is 4.88. The molecule has 0 aliphatic heterocycles. The number of sulfonamides is 1. The molecule has 0 aromatic carbocycles. The summed E-state index contributed by atoms with van der Waals surface area (Å²) >= 11 is 0. The summed E-state index contributed by atoms with van der Waals surface area (Å²) in [5.41, 5.74) is -1.10. The molecule has 0 amide bonds. The van der Waals surface area contributed by atoms with E-state index in [1.54, 1.807) is 6.92 Å². The number of aryl methyl sites for hydroxylation is 1. The summed E-state index contributed by atoms with van der Waals surface area (Å²) in [6, 6.07) is 1.52. The van der Waals surface area contributed by atoms with Crippen LogP contribution in [0, 0.1) is 6.92 Å². The maximum absolute atomic E-state index is 12.0. The fourth-order valence-corrected chi connectivity index (χ4v) is 3.84. The van der Waals surface area contributed by atoms with Crippen LogP contribution in [-0.2, 0) is 20.6 Å². The molecule has 1 saturated carbocycles. The molecule has 1 aromatic heterocycles. The van der Waals surface area contributed by atoms with Gasteiger partial charge in [-0.15, -0.1) is 0 Å². The highest BCUT2D eigenvalue weighted by atomic mass is 32.2. The number of carboxylic acids is 1. The third-order valence-electron chi connectivity index (χ3n) is 3.23.